The third-order valence-electron chi connectivity index (χ3n) is 5.10. The van der Waals surface area contributed by atoms with Gasteiger partial charge in [0.05, 0.1) is 16.3 Å². The lowest BCUT2D eigenvalue weighted by atomic mass is 10.1. The van der Waals surface area contributed by atoms with Gasteiger partial charge in [0.1, 0.15) is 0 Å². The average Bonchev–Trinajstić information content (AvgIpc) is 3.10. The standard InChI is InChI=1S/C21H24FN5O2S/c1-13-12-26(21(29)25-20-24-17-5-3-4-6-18(17)30-20)7-8-27(13)19-16(22)10-15(11-23-19)9-14(2)28/h3-6,10-11,13-14,28H,7-9,12H2,1-2H3,(H,24,25,29)/t13-,14-/m0/s1. The van der Waals surface area contributed by atoms with E-state index < -0.39 is 11.9 Å². The van der Waals surface area contributed by atoms with Crippen molar-refractivity contribution in [1.29, 1.82) is 0 Å². The fraction of sp³-hybridized carbons (Fsp3) is 0.381. The van der Waals surface area contributed by atoms with Crippen LogP contribution in [0.3, 0.4) is 0 Å². The lowest BCUT2D eigenvalue weighted by Gasteiger charge is -2.40. The molecule has 1 aromatic carbocycles. The van der Waals surface area contributed by atoms with Crippen LogP contribution in [0.25, 0.3) is 10.2 Å². The van der Waals surface area contributed by atoms with Crippen molar-refractivity contribution in [2.45, 2.75) is 32.4 Å². The topological polar surface area (TPSA) is 81.6 Å². The van der Waals surface area contributed by atoms with Crippen LogP contribution >= 0.6 is 11.3 Å². The minimum absolute atomic E-state index is 0.0931. The number of hydrogen-bond acceptors (Lipinski definition) is 6. The van der Waals surface area contributed by atoms with Crippen LogP contribution in [-0.4, -0.2) is 57.8 Å². The van der Waals surface area contributed by atoms with E-state index in [4.69, 9.17) is 0 Å². The van der Waals surface area contributed by atoms with E-state index in [1.807, 2.05) is 36.1 Å². The zero-order valence-electron chi connectivity index (χ0n) is 16.9. The van der Waals surface area contributed by atoms with E-state index in [1.54, 1.807) is 18.0 Å². The fourth-order valence-electron chi connectivity index (χ4n) is 3.69. The van der Waals surface area contributed by atoms with Crippen molar-refractivity contribution in [2.24, 2.45) is 0 Å². The summed E-state index contributed by atoms with van der Waals surface area (Å²) in [6.07, 6.45) is 1.41. The number of aliphatic hydroxyl groups is 1. The van der Waals surface area contributed by atoms with E-state index in [1.165, 1.54) is 17.4 Å². The minimum atomic E-state index is -0.548. The second-order valence-electron chi connectivity index (χ2n) is 7.61. The molecule has 1 aliphatic rings. The van der Waals surface area contributed by atoms with E-state index in [-0.39, 0.29) is 17.9 Å². The Morgan fingerprint density at radius 3 is 2.90 bits per heavy atom. The number of pyridine rings is 1. The summed E-state index contributed by atoms with van der Waals surface area (Å²) in [5, 5.41) is 12.9. The van der Waals surface area contributed by atoms with Gasteiger partial charge in [-0.25, -0.2) is 19.2 Å². The quantitative estimate of drug-likeness (QED) is 0.664. The van der Waals surface area contributed by atoms with E-state index in [0.717, 1.165) is 10.2 Å². The molecule has 30 heavy (non-hydrogen) atoms. The van der Waals surface area contributed by atoms with Crippen molar-refractivity contribution in [3.8, 4) is 0 Å². The fourth-order valence-corrected chi connectivity index (χ4v) is 4.54. The van der Waals surface area contributed by atoms with Crippen molar-refractivity contribution in [2.75, 3.05) is 29.9 Å². The van der Waals surface area contributed by atoms with Gasteiger partial charge in [0.2, 0.25) is 0 Å². The van der Waals surface area contributed by atoms with Crippen LogP contribution in [0.5, 0.6) is 0 Å². The number of rotatable bonds is 4. The lowest BCUT2D eigenvalue weighted by Crippen LogP contribution is -2.55. The number of halogens is 1. The molecule has 0 radical (unpaired) electrons. The highest BCUT2D eigenvalue weighted by molar-refractivity contribution is 7.22. The van der Waals surface area contributed by atoms with Crippen LogP contribution in [-0.2, 0) is 6.42 Å². The molecular formula is C21H24FN5O2S. The summed E-state index contributed by atoms with van der Waals surface area (Å²) in [4.78, 5) is 25.0. The number of para-hydroxylation sites is 1. The molecule has 3 aromatic rings. The zero-order chi connectivity index (χ0) is 21.3. The van der Waals surface area contributed by atoms with Crippen LogP contribution in [0.4, 0.5) is 20.1 Å². The second-order valence-corrected chi connectivity index (χ2v) is 8.64. The lowest BCUT2D eigenvalue weighted by molar-refractivity contribution is 0.195. The molecule has 1 aliphatic heterocycles. The summed E-state index contributed by atoms with van der Waals surface area (Å²) < 4.78 is 15.6. The number of carbonyl (C=O) groups is 1. The first-order valence-corrected chi connectivity index (χ1v) is 10.7. The Labute approximate surface area is 178 Å². The van der Waals surface area contributed by atoms with Gasteiger partial charge in [0, 0.05) is 31.9 Å². The number of fused-ring (bicyclic) bond motifs is 1. The van der Waals surface area contributed by atoms with Crippen LogP contribution in [0.1, 0.15) is 19.4 Å². The van der Waals surface area contributed by atoms with Crippen molar-refractivity contribution in [3.63, 3.8) is 0 Å². The van der Waals surface area contributed by atoms with Gasteiger partial charge < -0.3 is 14.9 Å². The molecule has 2 N–H and O–H groups in total. The maximum absolute atomic E-state index is 14.6. The Morgan fingerprint density at radius 1 is 1.40 bits per heavy atom. The second kappa shape index (κ2) is 8.53. The van der Waals surface area contributed by atoms with Crippen molar-refractivity contribution in [3.05, 3.63) is 47.9 Å². The highest BCUT2D eigenvalue weighted by Gasteiger charge is 2.29. The number of aliphatic hydroxyl groups excluding tert-OH is 1. The molecular weight excluding hydrogens is 405 g/mol. The molecule has 4 rings (SSSR count). The van der Waals surface area contributed by atoms with Crippen LogP contribution in [0.2, 0.25) is 0 Å². The Kier molecular flexibility index (Phi) is 5.83. The summed E-state index contributed by atoms with van der Waals surface area (Å²) in [5.74, 6) is -0.129. The molecule has 7 nitrogen and oxygen atoms in total. The summed E-state index contributed by atoms with van der Waals surface area (Å²) in [5.41, 5.74) is 1.52. The van der Waals surface area contributed by atoms with Crippen LogP contribution < -0.4 is 10.2 Å². The van der Waals surface area contributed by atoms with Gasteiger partial charge in [-0.2, -0.15) is 0 Å². The van der Waals surface area contributed by atoms with Crippen molar-refractivity contribution in [1.82, 2.24) is 14.9 Å². The maximum atomic E-state index is 14.6. The van der Waals surface area contributed by atoms with E-state index in [0.29, 0.717) is 36.8 Å². The predicted molar refractivity (Wildman–Crippen MR) is 117 cm³/mol. The van der Waals surface area contributed by atoms with Gasteiger partial charge in [-0.05, 0) is 44.0 Å². The molecule has 0 spiro atoms. The Bertz CT molecular complexity index is 1020. The molecule has 2 aromatic heterocycles. The number of nitrogens with one attached hydrogen (secondary N) is 1. The molecule has 1 fully saturated rings. The number of hydrogen-bond donors (Lipinski definition) is 2. The van der Waals surface area contributed by atoms with Gasteiger partial charge in [-0.3, -0.25) is 5.32 Å². The van der Waals surface area contributed by atoms with Crippen LogP contribution in [0.15, 0.2) is 36.5 Å². The third kappa shape index (κ3) is 4.36. The molecule has 0 saturated carbocycles. The highest BCUT2D eigenvalue weighted by atomic mass is 32.1. The molecule has 2 atom stereocenters. The SMILES string of the molecule is C[C@H](O)Cc1cnc(N2CCN(C(=O)Nc3nc4ccccc4s3)C[C@@H]2C)c(F)c1. The average molecular weight is 430 g/mol. The normalized spacial score (nSPS) is 17.9. The summed E-state index contributed by atoms with van der Waals surface area (Å²) in [6, 6.07) is 8.86. The van der Waals surface area contributed by atoms with Crippen molar-refractivity contribution >= 4 is 38.5 Å². The Morgan fingerprint density at radius 2 is 2.20 bits per heavy atom. The van der Waals surface area contributed by atoms with E-state index in [9.17, 15) is 14.3 Å². The number of nitrogens with zero attached hydrogens (tertiary/aromatic N) is 4. The first kappa shape index (κ1) is 20.5. The smallest absolute Gasteiger partial charge is 0.323 e. The van der Waals surface area contributed by atoms with Crippen molar-refractivity contribution < 1.29 is 14.3 Å². The van der Waals surface area contributed by atoms with Gasteiger partial charge in [0.15, 0.2) is 16.8 Å². The number of anilines is 2. The molecule has 0 unspecified atom stereocenters. The minimum Gasteiger partial charge on any atom is -0.393 e. The summed E-state index contributed by atoms with van der Waals surface area (Å²) in [7, 11) is 0. The molecule has 9 heteroatoms. The number of aromatic nitrogens is 2. The van der Waals surface area contributed by atoms with E-state index in [2.05, 4.69) is 15.3 Å². The number of thiazole rings is 1. The van der Waals surface area contributed by atoms with Gasteiger partial charge in [-0.15, -0.1) is 0 Å². The Balaban J connectivity index is 1.40. The number of urea groups is 1. The first-order valence-electron chi connectivity index (χ1n) is 9.91. The summed E-state index contributed by atoms with van der Waals surface area (Å²) >= 11 is 1.44. The zero-order valence-corrected chi connectivity index (χ0v) is 17.7. The molecule has 3 heterocycles. The molecule has 0 bridgehead atoms. The Hall–Kier alpha value is -2.78. The summed E-state index contributed by atoms with van der Waals surface area (Å²) in [6.45, 7) is 4.99. The van der Waals surface area contributed by atoms with E-state index >= 15 is 0 Å². The predicted octanol–water partition coefficient (Wildman–Crippen LogP) is 3.50. The molecule has 1 saturated heterocycles. The first-order chi connectivity index (χ1) is 14.4. The van der Waals surface area contributed by atoms with Gasteiger partial charge >= 0.3 is 6.03 Å². The highest BCUT2D eigenvalue weighted by Crippen LogP contribution is 2.27. The largest absolute Gasteiger partial charge is 0.393 e. The van der Waals surface area contributed by atoms with Crippen LogP contribution in [0, 0.1) is 5.82 Å². The number of benzene rings is 1. The van der Waals surface area contributed by atoms with Gasteiger partial charge in [-0.1, -0.05) is 23.5 Å². The number of amides is 2. The number of piperazine rings is 1. The molecule has 158 valence electrons. The number of carbonyl (C=O) groups excluding carboxylic acids is 1. The molecule has 2 amide bonds. The molecule has 0 aliphatic carbocycles. The van der Waals surface area contributed by atoms with Gasteiger partial charge in [0.25, 0.3) is 0 Å². The third-order valence-corrected chi connectivity index (χ3v) is 6.06. The monoisotopic (exact) mass is 429 g/mol. The maximum Gasteiger partial charge on any atom is 0.323 e.